The van der Waals surface area contributed by atoms with E-state index in [0.717, 1.165) is 19.3 Å². The van der Waals surface area contributed by atoms with Crippen molar-refractivity contribution in [3.8, 4) is 0 Å². The van der Waals surface area contributed by atoms with E-state index in [2.05, 4.69) is 10.2 Å². The van der Waals surface area contributed by atoms with Crippen LogP contribution in [0.4, 0.5) is 5.82 Å². The van der Waals surface area contributed by atoms with E-state index in [1.54, 1.807) is 11.0 Å². The van der Waals surface area contributed by atoms with Crippen LogP contribution in [-0.4, -0.2) is 39.8 Å². The number of nitrogens with two attached hydrogens (primary N) is 1. The SMILES string of the molecule is NC(=O)c1ccc(N2CC3CCCC3C2C(=O)O)nn1. The summed E-state index contributed by atoms with van der Waals surface area (Å²) in [5.41, 5.74) is 5.20. The predicted octanol–water partition coefficient (Wildman–Crippen LogP) is 0.265. The quantitative estimate of drug-likeness (QED) is 0.819. The van der Waals surface area contributed by atoms with Crippen molar-refractivity contribution in [3.05, 3.63) is 17.8 Å². The number of fused-ring (bicyclic) bond motifs is 1. The number of carboxylic acids is 1. The largest absolute Gasteiger partial charge is 0.480 e. The first-order valence-electron chi connectivity index (χ1n) is 6.71. The monoisotopic (exact) mass is 276 g/mol. The third-order valence-corrected chi connectivity index (χ3v) is 4.34. The molecule has 1 aliphatic carbocycles. The zero-order valence-corrected chi connectivity index (χ0v) is 10.9. The molecule has 0 spiro atoms. The van der Waals surface area contributed by atoms with Crippen molar-refractivity contribution in [1.82, 2.24) is 10.2 Å². The number of carboxylic acid groups (broad SMARTS) is 1. The van der Waals surface area contributed by atoms with E-state index in [9.17, 15) is 14.7 Å². The maximum absolute atomic E-state index is 11.5. The first-order chi connectivity index (χ1) is 9.58. The number of rotatable bonds is 3. The second-order valence-corrected chi connectivity index (χ2v) is 5.43. The van der Waals surface area contributed by atoms with E-state index in [1.165, 1.54) is 6.07 Å². The Hall–Kier alpha value is -2.18. The normalized spacial score (nSPS) is 28.4. The van der Waals surface area contributed by atoms with Gasteiger partial charge in [0.1, 0.15) is 6.04 Å². The molecule has 0 aromatic carbocycles. The van der Waals surface area contributed by atoms with Crippen molar-refractivity contribution >= 4 is 17.7 Å². The molecular weight excluding hydrogens is 260 g/mol. The number of aliphatic carboxylic acids is 1. The molecule has 3 rings (SSSR count). The number of amides is 1. The molecule has 2 heterocycles. The molecular formula is C13H16N4O3. The molecule has 7 nitrogen and oxygen atoms in total. The van der Waals surface area contributed by atoms with Gasteiger partial charge in [0.25, 0.3) is 5.91 Å². The molecule has 1 aliphatic heterocycles. The van der Waals surface area contributed by atoms with E-state index in [1.807, 2.05) is 0 Å². The minimum Gasteiger partial charge on any atom is -0.480 e. The summed E-state index contributed by atoms with van der Waals surface area (Å²) >= 11 is 0. The minimum atomic E-state index is -0.819. The molecule has 3 unspecified atom stereocenters. The van der Waals surface area contributed by atoms with E-state index < -0.39 is 17.9 Å². The summed E-state index contributed by atoms with van der Waals surface area (Å²) in [5.74, 6) is -0.368. The summed E-state index contributed by atoms with van der Waals surface area (Å²) in [5, 5.41) is 17.2. The van der Waals surface area contributed by atoms with Crippen LogP contribution in [0.2, 0.25) is 0 Å². The number of primary amides is 1. The summed E-state index contributed by atoms with van der Waals surface area (Å²) < 4.78 is 0. The van der Waals surface area contributed by atoms with Gasteiger partial charge in [0, 0.05) is 6.54 Å². The van der Waals surface area contributed by atoms with Crippen LogP contribution in [0.5, 0.6) is 0 Å². The molecule has 0 bridgehead atoms. The Morgan fingerprint density at radius 1 is 1.30 bits per heavy atom. The molecule has 1 aromatic rings. The lowest BCUT2D eigenvalue weighted by Gasteiger charge is -2.24. The van der Waals surface area contributed by atoms with Gasteiger partial charge in [-0.1, -0.05) is 6.42 Å². The van der Waals surface area contributed by atoms with Gasteiger partial charge in [-0.05, 0) is 36.8 Å². The Balaban J connectivity index is 1.88. The molecule has 1 saturated heterocycles. The molecule has 2 aliphatic rings. The Bertz CT molecular complexity index is 545. The van der Waals surface area contributed by atoms with Crippen LogP contribution in [0.1, 0.15) is 29.8 Å². The number of carbonyl (C=O) groups is 2. The molecule has 106 valence electrons. The van der Waals surface area contributed by atoms with Crippen molar-refractivity contribution in [3.63, 3.8) is 0 Å². The van der Waals surface area contributed by atoms with Gasteiger partial charge in [-0.3, -0.25) is 4.79 Å². The van der Waals surface area contributed by atoms with Crippen LogP contribution in [0.3, 0.4) is 0 Å². The first kappa shape index (κ1) is 12.8. The molecule has 1 amide bonds. The molecule has 7 heteroatoms. The van der Waals surface area contributed by atoms with E-state index >= 15 is 0 Å². The van der Waals surface area contributed by atoms with Gasteiger partial charge >= 0.3 is 5.97 Å². The number of anilines is 1. The highest BCUT2D eigenvalue weighted by atomic mass is 16.4. The van der Waals surface area contributed by atoms with Gasteiger partial charge in [0.05, 0.1) is 0 Å². The third kappa shape index (κ3) is 1.99. The first-order valence-corrected chi connectivity index (χ1v) is 6.71. The van der Waals surface area contributed by atoms with Gasteiger partial charge in [-0.15, -0.1) is 10.2 Å². The van der Waals surface area contributed by atoms with Crippen LogP contribution in [0.15, 0.2) is 12.1 Å². The van der Waals surface area contributed by atoms with E-state index in [4.69, 9.17) is 5.73 Å². The van der Waals surface area contributed by atoms with Crippen molar-refractivity contribution in [2.75, 3.05) is 11.4 Å². The molecule has 1 saturated carbocycles. The fourth-order valence-corrected chi connectivity index (χ4v) is 3.47. The van der Waals surface area contributed by atoms with Gasteiger partial charge < -0.3 is 15.7 Å². The highest BCUT2D eigenvalue weighted by Crippen LogP contribution is 2.43. The molecule has 3 N–H and O–H groups in total. The number of nitrogens with zero attached hydrogens (tertiary/aromatic N) is 3. The topological polar surface area (TPSA) is 109 Å². The third-order valence-electron chi connectivity index (χ3n) is 4.34. The van der Waals surface area contributed by atoms with Crippen molar-refractivity contribution < 1.29 is 14.7 Å². The van der Waals surface area contributed by atoms with Crippen LogP contribution in [0.25, 0.3) is 0 Å². The Labute approximate surface area is 115 Å². The van der Waals surface area contributed by atoms with Crippen LogP contribution in [-0.2, 0) is 4.79 Å². The van der Waals surface area contributed by atoms with E-state index in [0.29, 0.717) is 18.3 Å². The highest BCUT2D eigenvalue weighted by Gasteiger charge is 2.48. The zero-order valence-electron chi connectivity index (χ0n) is 10.9. The smallest absolute Gasteiger partial charge is 0.326 e. The Morgan fingerprint density at radius 3 is 2.70 bits per heavy atom. The molecule has 0 radical (unpaired) electrons. The number of carbonyl (C=O) groups excluding carboxylic acids is 1. The second kappa shape index (κ2) is 4.73. The van der Waals surface area contributed by atoms with Crippen molar-refractivity contribution in [2.24, 2.45) is 17.6 Å². The molecule has 1 aromatic heterocycles. The summed E-state index contributed by atoms with van der Waals surface area (Å²) in [7, 11) is 0. The predicted molar refractivity (Wildman–Crippen MR) is 70.2 cm³/mol. The maximum atomic E-state index is 11.5. The fraction of sp³-hybridized carbons (Fsp3) is 0.538. The number of aromatic nitrogens is 2. The number of hydrogen-bond donors (Lipinski definition) is 2. The summed E-state index contributed by atoms with van der Waals surface area (Å²) in [6.45, 7) is 0.687. The summed E-state index contributed by atoms with van der Waals surface area (Å²) in [6.07, 6.45) is 3.11. The van der Waals surface area contributed by atoms with Gasteiger partial charge in [0.2, 0.25) is 0 Å². The van der Waals surface area contributed by atoms with Gasteiger partial charge in [-0.25, -0.2) is 4.79 Å². The maximum Gasteiger partial charge on any atom is 0.326 e. The Kier molecular flexibility index (Phi) is 3.04. The lowest BCUT2D eigenvalue weighted by Crippen LogP contribution is -2.40. The lowest BCUT2D eigenvalue weighted by atomic mass is 9.94. The summed E-state index contributed by atoms with van der Waals surface area (Å²) in [4.78, 5) is 24.3. The van der Waals surface area contributed by atoms with Gasteiger partial charge in [-0.2, -0.15) is 0 Å². The van der Waals surface area contributed by atoms with Crippen molar-refractivity contribution in [1.29, 1.82) is 0 Å². The zero-order chi connectivity index (χ0) is 14.3. The van der Waals surface area contributed by atoms with Crippen LogP contribution in [0, 0.1) is 11.8 Å². The number of hydrogen-bond acceptors (Lipinski definition) is 5. The second-order valence-electron chi connectivity index (χ2n) is 5.43. The van der Waals surface area contributed by atoms with Crippen LogP contribution < -0.4 is 10.6 Å². The summed E-state index contributed by atoms with van der Waals surface area (Å²) in [6, 6.07) is 2.55. The average molecular weight is 276 g/mol. The average Bonchev–Trinajstić information content (AvgIpc) is 2.97. The fourth-order valence-electron chi connectivity index (χ4n) is 3.47. The lowest BCUT2D eigenvalue weighted by molar-refractivity contribution is -0.139. The minimum absolute atomic E-state index is 0.0833. The standard InChI is InChI=1S/C13H16N4O3/c14-12(18)9-4-5-10(16-15-9)17-6-7-2-1-3-8(7)11(17)13(19)20/h4-5,7-8,11H,1-3,6H2,(H2,14,18)(H,19,20). The van der Waals surface area contributed by atoms with Crippen LogP contribution >= 0.6 is 0 Å². The van der Waals surface area contributed by atoms with E-state index in [-0.39, 0.29) is 11.6 Å². The molecule has 20 heavy (non-hydrogen) atoms. The molecule has 2 fully saturated rings. The molecule has 3 atom stereocenters. The van der Waals surface area contributed by atoms with Crippen molar-refractivity contribution in [2.45, 2.75) is 25.3 Å². The van der Waals surface area contributed by atoms with Gasteiger partial charge in [0.15, 0.2) is 11.5 Å². The Morgan fingerprint density at radius 2 is 2.10 bits per heavy atom. The highest BCUT2D eigenvalue weighted by molar-refractivity contribution is 5.90.